The van der Waals surface area contributed by atoms with Gasteiger partial charge in [-0.05, 0) is 43.0 Å². The van der Waals surface area contributed by atoms with E-state index >= 15 is 0 Å². The van der Waals surface area contributed by atoms with Crippen molar-refractivity contribution in [3.8, 4) is 5.75 Å². The van der Waals surface area contributed by atoms with E-state index in [2.05, 4.69) is 21.7 Å². The number of nitrogens with zero attached hydrogens (tertiary/aromatic N) is 1. The van der Waals surface area contributed by atoms with E-state index in [4.69, 9.17) is 4.74 Å². The van der Waals surface area contributed by atoms with Crippen LogP contribution in [0.4, 0.5) is 0 Å². The molecule has 2 aromatic rings. The van der Waals surface area contributed by atoms with Gasteiger partial charge in [-0.2, -0.15) is 0 Å². The molecule has 2 aromatic carbocycles. The molecule has 0 saturated heterocycles. The van der Waals surface area contributed by atoms with Crippen LogP contribution in [-0.4, -0.2) is 37.8 Å². The van der Waals surface area contributed by atoms with Gasteiger partial charge in [0.25, 0.3) is 0 Å². The summed E-state index contributed by atoms with van der Waals surface area (Å²) in [7, 11) is 1.68. The van der Waals surface area contributed by atoms with Crippen molar-refractivity contribution in [1.82, 2.24) is 10.6 Å². The van der Waals surface area contributed by atoms with Gasteiger partial charge in [-0.15, -0.1) is 0 Å². The molecule has 0 amide bonds. The monoisotopic (exact) mass is 355 g/mol. The Kier molecular flexibility index (Phi) is 8.49. The SMILES string of the molecule is CCNC(=NCCC(O)c1ccccc1)NCCc1cccc(OC)c1. The molecule has 3 N–H and O–H groups in total. The summed E-state index contributed by atoms with van der Waals surface area (Å²) >= 11 is 0. The van der Waals surface area contributed by atoms with Crippen LogP contribution in [0.1, 0.15) is 30.6 Å². The molecule has 0 aliphatic carbocycles. The third-order valence-corrected chi connectivity index (χ3v) is 4.04. The fourth-order valence-electron chi connectivity index (χ4n) is 2.64. The maximum Gasteiger partial charge on any atom is 0.191 e. The van der Waals surface area contributed by atoms with Gasteiger partial charge in [0.2, 0.25) is 0 Å². The summed E-state index contributed by atoms with van der Waals surface area (Å²) in [5.74, 6) is 1.65. The van der Waals surface area contributed by atoms with E-state index < -0.39 is 6.10 Å². The van der Waals surface area contributed by atoms with E-state index in [1.807, 2.05) is 55.5 Å². The standard InChI is InChI=1S/C21H29N3O2/c1-3-22-21(23-14-12-17-8-7-11-19(16-17)26-2)24-15-13-20(25)18-9-5-4-6-10-18/h4-11,16,20,25H,3,12-15H2,1-2H3,(H2,22,23,24). The fraction of sp³-hybridized carbons (Fsp3) is 0.381. The van der Waals surface area contributed by atoms with Gasteiger partial charge in [0.05, 0.1) is 13.2 Å². The number of aliphatic imine (C=N–C) groups is 1. The van der Waals surface area contributed by atoms with Crippen molar-refractivity contribution in [2.24, 2.45) is 4.99 Å². The number of aliphatic hydroxyl groups is 1. The third-order valence-electron chi connectivity index (χ3n) is 4.04. The highest BCUT2D eigenvalue weighted by Crippen LogP contribution is 2.15. The Morgan fingerprint density at radius 1 is 1.12 bits per heavy atom. The van der Waals surface area contributed by atoms with Crippen LogP contribution in [0, 0.1) is 0 Å². The zero-order valence-corrected chi connectivity index (χ0v) is 15.6. The molecular weight excluding hydrogens is 326 g/mol. The number of rotatable bonds is 9. The van der Waals surface area contributed by atoms with Crippen molar-refractivity contribution in [3.05, 3.63) is 65.7 Å². The summed E-state index contributed by atoms with van der Waals surface area (Å²) in [6.07, 6.45) is 0.990. The van der Waals surface area contributed by atoms with Crippen LogP contribution in [0.2, 0.25) is 0 Å². The Morgan fingerprint density at radius 3 is 2.65 bits per heavy atom. The highest BCUT2D eigenvalue weighted by molar-refractivity contribution is 5.79. The topological polar surface area (TPSA) is 65.9 Å². The van der Waals surface area contributed by atoms with Crippen molar-refractivity contribution in [2.75, 3.05) is 26.7 Å². The number of methoxy groups -OCH3 is 1. The normalized spacial score (nSPS) is 12.5. The molecule has 1 atom stereocenters. The maximum absolute atomic E-state index is 10.2. The zero-order valence-electron chi connectivity index (χ0n) is 15.6. The predicted octanol–water partition coefficient (Wildman–Crippen LogP) is 2.92. The van der Waals surface area contributed by atoms with E-state index in [0.717, 1.165) is 36.8 Å². The molecule has 0 spiro atoms. The van der Waals surface area contributed by atoms with Gasteiger partial charge in [0.1, 0.15) is 5.75 Å². The van der Waals surface area contributed by atoms with E-state index in [-0.39, 0.29) is 0 Å². The molecule has 2 rings (SSSR count). The number of hydrogen-bond acceptors (Lipinski definition) is 3. The van der Waals surface area contributed by atoms with E-state index in [9.17, 15) is 5.11 Å². The van der Waals surface area contributed by atoms with E-state index in [1.54, 1.807) is 7.11 Å². The van der Waals surface area contributed by atoms with Crippen molar-refractivity contribution in [1.29, 1.82) is 0 Å². The average molecular weight is 355 g/mol. The summed E-state index contributed by atoms with van der Waals surface area (Å²) in [5.41, 5.74) is 2.14. The number of hydrogen-bond donors (Lipinski definition) is 3. The summed E-state index contributed by atoms with van der Waals surface area (Å²) in [6, 6.07) is 17.8. The zero-order chi connectivity index (χ0) is 18.6. The van der Waals surface area contributed by atoms with Gasteiger partial charge in [0, 0.05) is 19.6 Å². The molecule has 0 aromatic heterocycles. The molecule has 0 saturated carbocycles. The summed E-state index contributed by atoms with van der Waals surface area (Å²) in [5, 5.41) is 16.8. The van der Waals surface area contributed by atoms with E-state index in [1.165, 1.54) is 5.56 Å². The first-order valence-corrected chi connectivity index (χ1v) is 9.11. The third kappa shape index (κ3) is 6.76. The minimum Gasteiger partial charge on any atom is -0.497 e. The Morgan fingerprint density at radius 2 is 1.92 bits per heavy atom. The number of aliphatic hydroxyl groups excluding tert-OH is 1. The van der Waals surface area contributed by atoms with Crippen molar-refractivity contribution < 1.29 is 9.84 Å². The molecule has 0 heterocycles. The lowest BCUT2D eigenvalue weighted by atomic mass is 10.1. The summed E-state index contributed by atoms with van der Waals surface area (Å²) in [4.78, 5) is 4.55. The smallest absolute Gasteiger partial charge is 0.191 e. The quantitative estimate of drug-likeness (QED) is 0.478. The minimum absolute atomic E-state index is 0.486. The van der Waals surface area contributed by atoms with Crippen molar-refractivity contribution in [2.45, 2.75) is 25.9 Å². The molecule has 0 radical (unpaired) electrons. The highest BCUT2D eigenvalue weighted by Gasteiger charge is 2.06. The van der Waals surface area contributed by atoms with Crippen molar-refractivity contribution in [3.63, 3.8) is 0 Å². The Balaban J connectivity index is 1.80. The molecule has 5 heteroatoms. The Hall–Kier alpha value is -2.53. The van der Waals surface area contributed by atoms with E-state index in [0.29, 0.717) is 13.0 Å². The molecule has 1 unspecified atom stereocenters. The molecule has 26 heavy (non-hydrogen) atoms. The Labute approximate surface area is 156 Å². The van der Waals surface area contributed by atoms with Gasteiger partial charge in [0.15, 0.2) is 5.96 Å². The van der Waals surface area contributed by atoms with Crippen LogP contribution in [0.15, 0.2) is 59.6 Å². The highest BCUT2D eigenvalue weighted by atomic mass is 16.5. The second kappa shape index (κ2) is 11.2. The van der Waals surface area contributed by atoms with Crippen LogP contribution in [0.3, 0.4) is 0 Å². The lowest BCUT2D eigenvalue weighted by molar-refractivity contribution is 0.170. The van der Waals surface area contributed by atoms with Crippen LogP contribution in [0.5, 0.6) is 5.75 Å². The lowest BCUT2D eigenvalue weighted by Crippen LogP contribution is -2.38. The second-order valence-electron chi connectivity index (χ2n) is 6.00. The summed E-state index contributed by atoms with van der Waals surface area (Å²) < 4.78 is 5.25. The largest absolute Gasteiger partial charge is 0.497 e. The average Bonchev–Trinajstić information content (AvgIpc) is 2.68. The first-order chi connectivity index (χ1) is 12.7. The molecule has 0 fully saturated rings. The molecule has 140 valence electrons. The van der Waals surface area contributed by atoms with Crippen LogP contribution < -0.4 is 15.4 Å². The summed E-state index contributed by atoms with van der Waals surface area (Å²) in [6.45, 7) is 4.18. The Bertz CT molecular complexity index is 674. The first-order valence-electron chi connectivity index (χ1n) is 9.11. The second-order valence-corrected chi connectivity index (χ2v) is 6.00. The van der Waals surface area contributed by atoms with Gasteiger partial charge in [-0.3, -0.25) is 4.99 Å². The molecule has 0 aliphatic rings. The first kappa shape index (κ1) is 19.8. The van der Waals surface area contributed by atoms with Gasteiger partial charge in [-0.25, -0.2) is 0 Å². The predicted molar refractivity (Wildman–Crippen MR) is 107 cm³/mol. The molecular formula is C21H29N3O2. The fourth-order valence-corrected chi connectivity index (χ4v) is 2.64. The van der Waals surface area contributed by atoms with Gasteiger partial charge in [-0.1, -0.05) is 42.5 Å². The van der Waals surface area contributed by atoms with Crippen LogP contribution in [0.25, 0.3) is 0 Å². The molecule has 0 aliphatic heterocycles. The number of ether oxygens (including phenoxy) is 1. The lowest BCUT2D eigenvalue weighted by Gasteiger charge is -2.13. The number of guanidine groups is 1. The number of nitrogens with one attached hydrogen (secondary N) is 2. The molecule has 5 nitrogen and oxygen atoms in total. The maximum atomic E-state index is 10.2. The minimum atomic E-state index is -0.486. The van der Waals surface area contributed by atoms with Crippen LogP contribution >= 0.6 is 0 Å². The number of benzene rings is 2. The molecule has 0 bridgehead atoms. The van der Waals surface area contributed by atoms with Crippen molar-refractivity contribution >= 4 is 5.96 Å². The van der Waals surface area contributed by atoms with Gasteiger partial charge >= 0.3 is 0 Å². The van der Waals surface area contributed by atoms with Crippen LogP contribution in [-0.2, 0) is 6.42 Å². The van der Waals surface area contributed by atoms with Gasteiger partial charge < -0.3 is 20.5 Å².